The van der Waals surface area contributed by atoms with Gasteiger partial charge in [0.1, 0.15) is 6.54 Å². The van der Waals surface area contributed by atoms with Gasteiger partial charge in [0.2, 0.25) is 11.5 Å². The molecule has 0 atom stereocenters. The highest BCUT2D eigenvalue weighted by Crippen LogP contribution is 2.25. The number of rotatable bonds is 9. The molecule has 9 nitrogen and oxygen atoms in total. The Labute approximate surface area is 187 Å². The predicted octanol–water partition coefficient (Wildman–Crippen LogP) is 2.41. The number of carbonyl (C=O) groups is 1. The van der Waals surface area contributed by atoms with Gasteiger partial charge in [-0.3, -0.25) is 10.2 Å². The third kappa shape index (κ3) is 5.23. The second-order valence-electron chi connectivity index (χ2n) is 8.68. The van der Waals surface area contributed by atoms with Crippen LogP contribution in [0.5, 0.6) is 5.88 Å². The largest absolute Gasteiger partial charge is 0.477 e. The van der Waals surface area contributed by atoms with E-state index in [-0.39, 0.29) is 36.6 Å². The molecule has 0 unspecified atom stereocenters. The van der Waals surface area contributed by atoms with Crippen LogP contribution in [0.1, 0.15) is 54.7 Å². The van der Waals surface area contributed by atoms with Gasteiger partial charge in [0.05, 0.1) is 26.4 Å². The van der Waals surface area contributed by atoms with E-state index in [1.165, 1.54) is 9.20 Å². The van der Waals surface area contributed by atoms with Crippen LogP contribution in [0.3, 0.4) is 0 Å². The number of nitrogens with zero attached hydrogens (tertiary/aromatic N) is 4. The van der Waals surface area contributed by atoms with Crippen LogP contribution in [0.4, 0.5) is 0 Å². The Kier molecular flexibility index (Phi) is 7.10. The van der Waals surface area contributed by atoms with Gasteiger partial charge >= 0.3 is 0 Å². The lowest BCUT2D eigenvalue weighted by Gasteiger charge is -2.21. The van der Waals surface area contributed by atoms with Crippen LogP contribution < -0.4 is 10.4 Å². The van der Waals surface area contributed by atoms with Crippen molar-refractivity contribution >= 4 is 11.4 Å². The Bertz CT molecular complexity index is 1170. The molecule has 0 aliphatic rings. The number of nitrogens with one attached hydrogen (secondary N) is 1. The Hall–Kier alpha value is -3.04. The van der Waals surface area contributed by atoms with Gasteiger partial charge in [0.25, 0.3) is 0 Å². The van der Waals surface area contributed by atoms with Crippen LogP contribution in [0.15, 0.2) is 24.3 Å². The molecule has 9 heteroatoms. The van der Waals surface area contributed by atoms with Crippen molar-refractivity contribution in [1.82, 2.24) is 19.4 Å². The first-order valence-corrected chi connectivity index (χ1v) is 10.6. The lowest BCUT2D eigenvalue weighted by Crippen LogP contribution is -2.26. The normalized spacial score (nSPS) is 11.8. The van der Waals surface area contributed by atoms with E-state index in [4.69, 9.17) is 20.0 Å². The third-order valence-electron chi connectivity index (χ3n) is 5.02. The van der Waals surface area contributed by atoms with E-state index >= 15 is 0 Å². The Morgan fingerprint density at radius 1 is 1.19 bits per heavy atom. The molecule has 2 heterocycles. The molecule has 32 heavy (non-hydrogen) atoms. The number of aliphatic hydroxyl groups is 1. The van der Waals surface area contributed by atoms with Crippen LogP contribution >= 0.6 is 0 Å². The highest BCUT2D eigenvalue weighted by atomic mass is 16.5. The van der Waals surface area contributed by atoms with E-state index < -0.39 is 0 Å². The van der Waals surface area contributed by atoms with Crippen LogP contribution in [-0.2, 0) is 23.3 Å². The summed E-state index contributed by atoms with van der Waals surface area (Å²) in [5.41, 5.74) is 3.56. The minimum Gasteiger partial charge on any atom is -0.477 e. The van der Waals surface area contributed by atoms with E-state index in [0.29, 0.717) is 30.3 Å². The van der Waals surface area contributed by atoms with E-state index in [1.54, 1.807) is 12.1 Å². The zero-order chi connectivity index (χ0) is 23.5. The first kappa shape index (κ1) is 23.6. The number of aryl methyl sites for hydroxylation is 1. The molecule has 3 aromatic rings. The summed E-state index contributed by atoms with van der Waals surface area (Å²) in [5, 5.41) is 26.1. The van der Waals surface area contributed by atoms with Gasteiger partial charge in [-0.1, -0.05) is 26.8 Å². The molecular formula is C23H31N5O4. The maximum atomic E-state index is 13.2. The highest BCUT2D eigenvalue weighted by Gasteiger charge is 2.19. The number of fused-ring (bicyclic) bond motifs is 1. The number of hydrogen-bond acceptors (Lipinski definition) is 7. The van der Waals surface area contributed by atoms with Crippen molar-refractivity contribution in [3.63, 3.8) is 0 Å². The number of aliphatic hydroxyl groups excluding tert-OH is 1. The van der Waals surface area contributed by atoms with Gasteiger partial charge < -0.3 is 14.6 Å². The van der Waals surface area contributed by atoms with Gasteiger partial charge in [-0.05, 0) is 42.5 Å². The number of hydrogen-bond donors (Lipinski definition) is 2. The lowest BCUT2D eigenvalue weighted by molar-refractivity contribution is 0.0813. The fourth-order valence-electron chi connectivity index (χ4n) is 3.31. The van der Waals surface area contributed by atoms with Crippen LogP contribution in [-0.4, -0.2) is 50.1 Å². The summed E-state index contributed by atoms with van der Waals surface area (Å²) in [6.07, 6.45) is 0. The van der Waals surface area contributed by atoms with Crippen molar-refractivity contribution in [3.05, 3.63) is 52.1 Å². The van der Waals surface area contributed by atoms with Crippen molar-refractivity contribution in [2.45, 2.75) is 53.2 Å². The monoisotopic (exact) mass is 441 g/mol. The minimum absolute atomic E-state index is 0.00326. The molecule has 1 aromatic carbocycles. The zero-order valence-electron chi connectivity index (χ0n) is 19.3. The molecule has 0 fully saturated rings. The van der Waals surface area contributed by atoms with Gasteiger partial charge in [0.15, 0.2) is 11.4 Å². The number of carbonyl (C=O) groups excluding carboxylic acids is 1. The number of aromatic nitrogens is 4. The molecule has 3 rings (SSSR count). The maximum Gasteiger partial charge on any atom is 0.242 e. The molecule has 0 bridgehead atoms. The Morgan fingerprint density at radius 3 is 2.59 bits per heavy atom. The topological polar surface area (TPSA) is 115 Å². The molecule has 172 valence electrons. The average Bonchev–Trinajstić information content (AvgIpc) is 3.04. The minimum atomic E-state index is -0.163. The quantitative estimate of drug-likeness (QED) is 0.389. The molecule has 0 saturated heterocycles. The van der Waals surface area contributed by atoms with E-state index in [9.17, 15) is 4.79 Å². The summed E-state index contributed by atoms with van der Waals surface area (Å²) in [7, 11) is 0. The van der Waals surface area contributed by atoms with Gasteiger partial charge in [-0.25, -0.2) is 4.68 Å². The summed E-state index contributed by atoms with van der Waals surface area (Å²) in [5.74, 6) is 0.247. The number of ether oxygens (including phenoxy) is 2. The summed E-state index contributed by atoms with van der Waals surface area (Å²) < 4.78 is 13.7. The molecular weight excluding hydrogens is 410 g/mol. The summed E-state index contributed by atoms with van der Waals surface area (Å²) in [6.45, 7) is 10.8. The summed E-state index contributed by atoms with van der Waals surface area (Å²) in [4.78, 5) is 13.2. The SMILES string of the molecule is CCOc1cc(C)c2nn(CC(=O)c3cc(COCCO)cc(C(C)(C)C)c3)c(=N)n2n1. The van der Waals surface area contributed by atoms with E-state index in [0.717, 1.165) is 16.7 Å². The first-order chi connectivity index (χ1) is 15.1. The second-order valence-corrected chi connectivity index (χ2v) is 8.68. The average molecular weight is 442 g/mol. The van der Waals surface area contributed by atoms with E-state index in [1.807, 2.05) is 26.0 Å². The second kappa shape index (κ2) is 9.62. The lowest BCUT2D eigenvalue weighted by atomic mass is 9.84. The fraction of sp³-hybridized carbons (Fsp3) is 0.478. The predicted molar refractivity (Wildman–Crippen MR) is 119 cm³/mol. The molecule has 0 saturated carbocycles. The van der Waals surface area contributed by atoms with Gasteiger partial charge in [0, 0.05) is 17.2 Å². The van der Waals surface area contributed by atoms with Crippen LogP contribution in [0.2, 0.25) is 0 Å². The van der Waals surface area contributed by atoms with Crippen LogP contribution in [0, 0.1) is 12.3 Å². The smallest absolute Gasteiger partial charge is 0.242 e. The summed E-state index contributed by atoms with van der Waals surface area (Å²) in [6, 6.07) is 7.47. The zero-order valence-corrected chi connectivity index (χ0v) is 19.3. The van der Waals surface area contributed by atoms with Crippen LogP contribution in [0.25, 0.3) is 5.65 Å². The first-order valence-electron chi connectivity index (χ1n) is 10.6. The Balaban J connectivity index is 1.94. The molecule has 2 aromatic heterocycles. The molecule has 2 N–H and O–H groups in total. The number of benzene rings is 1. The van der Waals surface area contributed by atoms with Gasteiger partial charge in [-0.15, -0.1) is 10.2 Å². The molecule has 0 spiro atoms. The van der Waals surface area contributed by atoms with Crippen molar-refractivity contribution in [3.8, 4) is 5.88 Å². The van der Waals surface area contributed by atoms with Crippen molar-refractivity contribution in [1.29, 1.82) is 5.41 Å². The fourth-order valence-corrected chi connectivity index (χ4v) is 3.31. The van der Waals surface area contributed by atoms with Crippen molar-refractivity contribution in [2.75, 3.05) is 19.8 Å². The maximum absolute atomic E-state index is 13.2. The molecule has 0 radical (unpaired) electrons. The van der Waals surface area contributed by atoms with Crippen molar-refractivity contribution < 1.29 is 19.4 Å². The molecule has 0 amide bonds. The van der Waals surface area contributed by atoms with Gasteiger partial charge in [-0.2, -0.15) is 4.52 Å². The Morgan fingerprint density at radius 2 is 1.94 bits per heavy atom. The highest BCUT2D eigenvalue weighted by molar-refractivity contribution is 5.96. The molecule has 0 aliphatic heterocycles. The standard InChI is InChI=1S/C23H31N5O4/c1-6-32-20-9-15(2)21-26-27(22(24)28(21)25-20)13-19(30)17-10-16(14-31-8-7-29)11-18(12-17)23(3,4)5/h9-12,24,29H,6-8,13-14H2,1-5H3. The summed E-state index contributed by atoms with van der Waals surface area (Å²) >= 11 is 0. The third-order valence-corrected chi connectivity index (χ3v) is 5.02. The van der Waals surface area contributed by atoms with E-state index in [2.05, 4.69) is 31.0 Å². The number of ketones is 1. The van der Waals surface area contributed by atoms with Crippen molar-refractivity contribution in [2.24, 2.45) is 0 Å². The number of Topliss-reactive ketones (excluding diaryl/α,β-unsaturated/α-hetero) is 1. The molecule has 0 aliphatic carbocycles.